The van der Waals surface area contributed by atoms with E-state index < -0.39 is 0 Å². The highest BCUT2D eigenvalue weighted by atomic mass is 31.0. The third kappa shape index (κ3) is 2.31. The first-order valence-corrected chi connectivity index (χ1v) is 4.34. The molecule has 12 heavy (non-hydrogen) atoms. The largest absolute Gasteiger partial charge is 0.462 e. The van der Waals surface area contributed by atoms with E-state index in [4.69, 9.17) is 4.74 Å². The van der Waals surface area contributed by atoms with Gasteiger partial charge in [0, 0.05) is 0 Å². The Labute approximate surface area is 74.1 Å². The fourth-order valence-electron chi connectivity index (χ4n) is 0.880. The molecule has 0 spiro atoms. The second kappa shape index (κ2) is 4.22. The highest BCUT2D eigenvalue weighted by Gasteiger charge is 2.04. The summed E-state index contributed by atoms with van der Waals surface area (Å²) in [7, 11) is 2.54. The summed E-state index contributed by atoms with van der Waals surface area (Å²) in [6.07, 6.45) is 0. The van der Waals surface area contributed by atoms with Gasteiger partial charge in [-0.25, -0.2) is 4.79 Å². The minimum absolute atomic E-state index is 0.262. The van der Waals surface area contributed by atoms with E-state index >= 15 is 0 Å². The Kier molecular flexibility index (Phi) is 3.24. The molecule has 1 rings (SSSR count). The minimum atomic E-state index is -0.262. The number of hydrogen-bond acceptors (Lipinski definition) is 2. The van der Waals surface area contributed by atoms with Crippen LogP contribution in [0.3, 0.4) is 0 Å². The molecule has 1 aromatic rings. The molecule has 0 saturated heterocycles. The number of ether oxygens (including phenoxy) is 1. The number of esters is 1. The maximum atomic E-state index is 11.2. The molecule has 64 valence electrons. The van der Waals surface area contributed by atoms with Crippen molar-refractivity contribution in [2.75, 3.05) is 6.61 Å². The van der Waals surface area contributed by atoms with Crippen LogP contribution in [0, 0.1) is 0 Å². The van der Waals surface area contributed by atoms with Gasteiger partial charge in [-0.15, -0.1) is 9.24 Å². The van der Waals surface area contributed by atoms with Crippen LogP contribution in [0.15, 0.2) is 24.3 Å². The lowest BCUT2D eigenvalue weighted by molar-refractivity contribution is 0.0526. The molecule has 1 aromatic carbocycles. The van der Waals surface area contributed by atoms with Gasteiger partial charge >= 0.3 is 5.97 Å². The number of hydrogen-bond donors (Lipinski definition) is 0. The van der Waals surface area contributed by atoms with Gasteiger partial charge in [0.25, 0.3) is 0 Å². The van der Waals surface area contributed by atoms with E-state index in [-0.39, 0.29) is 5.97 Å². The second-order valence-electron chi connectivity index (χ2n) is 2.35. The summed E-state index contributed by atoms with van der Waals surface area (Å²) in [6.45, 7) is 2.21. The number of carbonyl (C=O) groups excluding carboxylic acids is 1. The highest BCUT2D eigenvalue weighted by molar-refractivity contribution is 7.27. The van der Waals surface area contributed by atoms with E-state index in [0.29, 0.717) is 12.2 Å². The summed E-state index contributed by atoms with van der Waals surface area (Å²) in [6, 6.07) is 7.26. The average Bonchev–Trinajstić information content (AvgIpc) is 2.05. The van der Waals surface area contributed by atoms with Crippen molar-refractivity contribution in [2.45, 2.75) is 6.92 Å². The summed E-state index contributed by atoms with van der Waals surface area (Å²) >= 11 is 0. The molecule has 0 amide bonds. The van der Waals surface area contributed by atoms with Crippen LogP contribution in [-0.2, 0) is 4.74 Å². The predicted octanol–water partition coefficient (Wildman–Crippen LogP) is 1.36. The zero-order valence-electron chi connectivity index (χ0n) is 6.91. The molecule has 3 heteroatoms. The molecule has 0 radical (unpaired) electrons. The van der Waals surface area contributed by atoms with Crippen molar-refractivity contribution in [1.82, 2.24) is 0 Å². The molecule has 0 heterocycles. The Bertz CT molecular complexity index is 284. The molecule has 0 aliphatic rings. The highest BCUT2D eigenvalue weighted by Crippen LogP contribution is 2.01. The topological polar surface area (TPSA) is 26.3 Å². The molecule has 0 aromatic heterocycles. The Morgan fingerprint density at radius 3 is 2.92 bits per heavy atom. The van der Waals surface area contributed by atoms with Crippen molar-refractivity contribution in [1.29, 1.82) is 0 Å². The van der Waals surface area contributed by atoms with Gasteiger partial charge < -0.3 is 4.74 Å². The summed E-state index contributed by atoms with van der Waals surface area (Å²) in [5, 5.41) is 0.987. The zero-order chi connectivity index (χ0) is 8.97. The zero-order valence-corrected chi connectivity index (χ0v) is 8.07. The van der Waals surface area contributed by atoms with E-state index in [1.165, 1.54) is 0 Å². The lowest BCUT2D eigenvalue weighted by Gasteiger charge is -2.01. The maximum Gasteiger partial charge on any atom is 0.338 e. The fraction of sp³-hybridized carbons (Fsp3) is 0.222. The smallest absolute Gasteiger partial charge is 0.338 e. The van der Waals surface area contributed by atoms with Gasteiger partial charge in [0.15, 0.2) is 0 Å². The SMILES string of the molecule is CCOC(=O)c1cccc(P)c1. The second-order valence-corrected chi connectivity index (χ2v) is 3.01. The Balaban J connectivity index is 2.81. The molecule has 1 atom stereocenters. The predicted molar refractivity (Wildman–Crippen MR) is 51.7 cm³/mol. The molecule has 0 fully saturated rings. The molecule has 1 unspecified atom stereocenters. The van der Waals surface area contributed by atoms with Crippen LogP contribution in [0.25, 0.3) is 0 Å². The van der Waals surface area contributed by atoms with Crippen molar-refractivity contribution in [2.24, 2.45) is 0 Å². The summed E-state index contributed by atoms with van der Waals surface area (Å²) in [5.74, 6) is -0.262. The molecule has 2 nitrogen and oxygen atoms in total. The molecule has 0 aliphatic heterocycles. The molecular weight excluding hydrogens is 171 g/mol. The number of benzene rings is 1. The molecule has 0 aliphatic carbocycles. The van der Waals surface area contributed by atoms with Gasteiger partial charge in [0.1, 0.15) is 0 Å². The first kappa shape index (κ1) is 9.21. The Morgan fingerprint density at radius 1 is 1.58 bits per heavy atom. The van der Waals surface area contributed by atoms with Gasteiger partial charge in [0.05, 0.1) is 12.2 Å². The first-order valence-electron chi connectivity index (χ1n) is 3.76. The van der Waals surface area contributed by atoms with Crippen LogP contribution in [0.4, 0.5) is 0 Å². The Hall–Kier alpha value is -0.880. The van der Waals surface area contributed by atoms with Gasteiger partial charge in [-0.3, -0.25) is 0 Å². The van der Waals surface area contributed by atoms with Crippen LogP contribution in [0.5, 0.6) is 0 Å². The van der Waals surface area contributed by atoms with Crippen LogP contribution in [-0.4, -0.2) is 12.6 Å². The molecule has 0 saturated carbocycles. The monoisotopic (exact) mass is 182 g/mol. The van der Waals surface area contributed by atoms with Crippen molar-refractivity contribution in [3.05, 3.63) is 29.8 Å². The number of rotatable bonds is 2. The normalized spacial score (nSPS) is 9.50. The van der Waals surface area contributed by atoms with Crippen LogP contribution >= 0.6 is 9.24 Å². The molecule has 0 bridgehead atoms. The summed E-state index contributed by atoms with van der Waals surface area (Å²) < 4.78 is 4.83. The van der Waals surface area contributed by atoms with Crippen molar-refractivity contribution in [3.8, 4) is 0 Å². The van der Waals surface area contributed by atoms with Crippen molar-refractivity contribution >= 4 is 20.5 Å². The number of carbonyl (C=O) groups is 1. The third-order valence-electron chi connectivity index (χ3n) is 1.40. The average molecular weight is 182 g/mol. The van der Waals surface area contributed by atoms with Crippen LogP contribution < -0.4 is 5.30 Å². The minimum Gasteiger partial charge on any atom is -0.462 e. The molecular formula is C9H11O2P. The first-order chi connectivity index (χ1) is 5.74. The lowest BCUT2D eigenvalue weighted by atomic mass is 10.2. The standard InChI is InChI=1S/C9H11O2P/c1-2-11-9(10)7-4-3-5-8(12)6-7/h3-6H,2,12H2,1H3. The quantitative estimate of drug-likeness (QED) is 0.510. The van der Waals surface area contributed by atoms with Gasteiger partial charge in [0.2, 0.25) is 0 Å². The van der Waals surface area contributed by atoms with E-state index in [2.05, 4.69) is 9.24 Å². The van der Waals surface area contributed by atoms with E-state index in [1.807, 2.05) is 12.1 Å². The van der Waals surface area contributed by atoms with Gasteiger partial charge in [-0.05, 0) is 24.4 Å². The fourth-order valence-corrected chi connectivity index (χ4v) is 1.17. The van der Waals surface area contributed by atoms with Gasteiger partial charge in [-0.1, -0.05) is 12.1 Å². The summed E-state index contributed by atoms with van der Waals surface area (Å²) in [5.41, 5.74) is 0.601. The van der Waals surface area contributed by atoms with E-state index in [1.54, 1.807) is 19.1 Å². The lowest BCUT2D eigenvalue weighted by Crippen LogP contribution is -2.06. The summed E-state index contributed by atoms with van der Waals surface area (Å²) in [4.78, 5) is 11.2. The van der Waals surface area contributed by atoms with E-state index in [0.717, 1.165) is 5.30 Å². The van der Waals surface area contributed by atoms with Crippen molar-refractivity contribution < 1.29 is 9.53 Å². The van der Waals surface area contributed by atoms with E-state index in [9.17, 15) is 4.79 Å². The van der Waals surface area contributed by atoms with Crippen LogP contribution in [0.2, 0.25) is 0 Å². The molecule has 0 N–H and O–H groups in total. The van der Waals surface area contributed by atoms with Gasteiger partial charge in [-0.2, -0.15) is 0 Å². The van der Waals surface area contributed by atoms with Crippen LogP contribution in [0.1, 0.15) is 17.3 Å². The third-order valence-corrected chi connectivity index (χ3v) is 1.76. The maximum absolute atomic E-state index is 11.2. The van der Waals surface area contributed by atoms with Crippen molar-refractivity contribution in [3.63, 3.8) is 0 Å². The Morgan fingerprint density at radius 2 is 2.33 bits per heavy atom.